The second-order valence-electron chi connectivity index (χ2n) is 8.72. The molecule has 2 aliphatic rings. The van der Waals surface area contributed by atoms with E-state index in [4.69, 9.17) is 11.3 Å². The highest BCUT2D eigenvalue weighted by Gasteiger charge is 2.32. The average Bonchev–Trinajstić information content (AvgIpc) is 3.21. The number of carbonyl (C=O) groups is 2. The zero-order valence-electron chi connectivity index (χ0n) is 19.5. The van der Waals surface area contributed by atoms with E-state index >= 15 is 0 Å². The van der Waals surface area contributed by atoms with Gasteiger partial charge in [-0.15, -0.1) is 0 Å². The first-order valence-corrected chi connectivity index (χ1v) is 11.4. The van der Waals surface area contributed by atoms with Crippen LogP contribution in [0, 0.1) is 18.2 Å². The fourth-order valence-corrected chi connectivity index (χ4v) is 4.28. The molecule has 1 N–H and O–H groups in total. The predicted octanol–water partition coefficient (Wildman–Crippen LogP) is 3.09. The Balaban J connectivity index is 1.41. The van der Waals surface area contributed by atoms with E-state index in [0.29, 0.717) is 30.0 Å². The van der Waals surface area contributed by atoms with E-state index in [1.165, 1.54) is 30.0 Å². The Morgan fingerprint density at radius 3 is 2.51 bits per heavy atom. The van der Waals surface area contributed by atoms with Crippen molar-refractivity contribution >= 4 is 17.7 Å². The summed E-state index contributed by atoms with van der Waals surface area (Å²) in [6.45, 7) is 12.6. The molecule has 184 valence electrons. The number of hydrogen-bond acceptors (Lipinski definition) is 5. The summed E-state index contributed by atoms with van der Waals surface area (Å²) in [4.78, 5) is 32.2. The van der Waals surface area contributed by atoms with Crippen molar-refractivity contribution in [1.29, 1.82) is 0 Å². The van der Waals surface area contributed by atoms with Crippen LogP contribution < -0.4 is 10.2 Å². The van der Waals surface area contributed by atoms with Gasteiger partial charge in [0.15, 0.2) is 0 Å². The van der Waals surface area contributed by atoms with Crippen LogP contribution in [0.25, 0.3) is 16.0 Å². The molecular weight excluding hydrogens is 456 g/mol. The van der Waals surface area contributed by atoms with Crippen LogP contribution in [0.1, 0.15) is 12.5 Å². The zero-order chi connectivity index (χ0) is 24.9. The number of amides is 2. The summed E-state index contributed by atoms with van der Waals surface area (Å²) < 4.78 is 35.1. The third kappa shape index (κ3) is 5.93. The molecule has 2 heterocycles. The highest BCUT2D eigenvalue weighted by atomic mass is 19.1. The van der Waals surface area contributed by atoms with Crippen LogP contribution in [0.3, 0.4) is 0 Å². The molecule has 0 bridgehead atoms. The van der Waals surface area contributed by atoms with Crippen LogP contribution in [-0.4, -0.2) is 73.8 Å². The van der Waals surface area contributed by atoms with E-state index in [9.17, 15) is 18.4 Å². The number of nitrogens with one attached hydrogen (secondary N) is 1. The van der Waals surface area contributed by atoms with E-state index in [0.717, 1.165) is 26.2 Å². The lowest BCUT2D eigenvalue weighted by Gasteiger charge is -2.32. The highest BCUT2D eigenvalue weighted by molar-refractivity contribution is 5.90. The summed E-state index contributed by atoms with van der Waals surface area (Å²) in [5.41, 5.74) is 1.50. The number of piperazine rings is 1. The SMILES string of the molecule is [C-]#[N+]CN1CCN(Cc2ccc(-c3ccc(N4CC(CNC(C)=O)OC4=O)cc3F)cc2F)CC1. The van der Waals surface area contributed by atoms with Crippen molar-refractivity contribution in [3.8, 4) is 11.1 Å². The molecule has 2 saturated heterocycles. The van der Waals surface area contributed by atoms with Crippen molar-refractivity contribution in [3.05, 3.63) is 65.0 Å². The van der Waals surface area contributed by atoms with Crippen molar-refractivity contribution in [2.75, 3.05) is 50.8 Å². The number of benzene rings is 2. The summed E-state index contributed by atoms with van der Waals surface area (Å²) in [6, 6.07) is 9.04. The summed E-state index contributed by atoms with van der Waals surface area (Å²) in [5.74, 6) is -1.21. The number of rotatable bonds is 7. The maximum atomic E-state index is 15.0. The number of nitrogens with zero attached hydrogens (tertiary/aromatic N) is 4. The first-order chi connectivity index (χ1) is 16.8. The van der Waals surface area contributed by atoms with Crippen LogP contribution in [-0.2, 0) is 16.1 Å². The van der Waals surface area contributed by atoms with Crippen molar-refractivity contribution in [3.63, 3.8) is 0 Å². The number of carbonyl (C=O) groups excluding carboxylic acids is 2. The van der Waals surface area contributed by atoms with Crippen LogP contribution in [0.4, 0.5) is 19.3 Å². The maximum Gasteiger partial charge on any atom is 0.414 e. The molecule has 2 aromatic carbocycles. The molecule has 1 atom stereocenters. The molecular formula is C25H27F2N5O3. The first-order valence-electron chi connectivity index (χ1n) is 11.4. The summed E-state index contributed by atoms with van der Waals surface area (Å²) in [5, 5.41) is 2.60. The van der Waals surface area contributed by atoms with Gasteiger partial charge in [0.1, 0.15) is 17.7 Å². The van der Waals surface area contributed by atoms with Gasteiger partial charge in [-0.2, -0.15) is 0 Å². The number of cyclic esters (lactones) is 1. The second-order valence-corrected chi connectivity index (χ2v) is 8.72. The maximum absolute atomic E-state index is 15.0. The Morgan fingerprint density at radius 1 is 1.11 bits per heavy atom. The van der Waals surface area contributed by atoms with E-state index in [2.05, 4.69) is 20.0 Å². The number of ether oxygens (including phenoxy) is 1. The van der Waals surface area contributed by atoms with Crippen molar-refractivity contribution in [2.24, 2.45) is 0 Å². The molecule has 4 rings (SSSR count). The first kappa shape index (κ1) is 24.6. The molecule has 8 nitrogen and oxygen atoms in total. The molecule has 0 spiro atoms. The Bertz CT molecular complexity index is 1140. The fraction of sp³-hybridized carbons (Fsp3) is 0.400. The van der Waals surface area contributed by atoms with Crippen molar-refractivity contribution < 1.29 is 23.1 Å². The molecule has 2 amide bonds. The fourth-order valence-electron chi connectivity index (χ4n) is 4.28. The van der Waals surface area contributed by atoms with Gasteiger partial charge < -0.3 is 10.1 Å². The molecule has 0 aliphatic carbocycles. The molecule has 1 unspecified atom stereocenters. The number of hydrogen-bond donors (Lipinski definition) is 1. The summed E-state index contributed by atoms with van der Waals surface area (Å²) in [7, 11) is 0. The number of anilines is 1. The van der Waals surface area contributed by atoms with Crippen LogP contribution >= 0.6 is 0 Å². The molecule has 0 aromatic heterocycles. The monoisotopic (exact) mass is 483 g/mol. The topological polar surface area (TPSA) is 69.5 Å². The molecule has 2 aromatic rings. The third-order valence-electron chi connectivity index (χ3n) is 6.21. The quantitative estimate of drug-likeness (QED) is 0.613. The summed E-state index contributed by atoms with van der Waals surface area (Å²) >= 11 is 0. The van der Waals surface area contributed by atoms with Crippen LogP contribution in [0.5, 0.6) is 0 Å². The van der Waals surface area contributed by atoms with Gasteiger partial charge in [-0.1, -0.05) is 12.1 Å². The largest absolute Gasteiger partial charge is 0.442 e. The Kier molecular flexibility index (Phi) is 7.58. The summed E-state index contributed by atoms with van der Waals surface area (Å²) in [6.07, 6.45) is -1.13. The lowest BCUT2D eigenvalue weighted by molar-refractivity contribution is -0.119. The van der Waals surface area contributed by atoms with E-state index in [1.54, 1.807) is 18.2 Å². The van der Waals surface area contributed by atoms with Gasteiger partial charge in [-0.05, 0) is 29.8 Å². The molecule has 2 fully saturated rings. The lowest BCUT2D eigenvalue weighted by atomic mass is 10.0. The standard InChI is InChI=1S/C25H27F2N5O3/c1-17(33)29-13-21-15-32(25(34)35-21)20-5-6-22(24(27)12-20)18-3-4-19(23(26)11-18)14-30-7-9-31(10-8-30)16-28-2/h3-6,11-12,21H,7-10,13-16H2,1H3,(H,29,33). The second kappa shape index (κ2) is 10.8. The zero-order valence-corrected chi connectivity index (χ0v) is 19.5. The highest BCUT2D eigenvalue weighted by Crippen LogP contribution is 2.30. The molecule has 0 saturated carbocycles. The Labute approximate surface area is 202 Å². The number of halogens is 2. The molecule has 35 heavy (non-hydrogen) atoms. The van der Waals surface area contributed by atoms with Gasteiger partial charge >= 0.3 is 6.09 Å². The van der Waals surface area contributed by atoms with E-state index < -0.39 is 23.8 Å². The van der Waals surface area contributed by atoms with Gasteiger partial charge in [0.05, 0.1) is 18.8 Å². The minimum Gasteiger partial charge on any atom is -0.442 e. The van der Waals surface area contributed by atoms with Crippen LogP contribution in [0.15, 0.2) is 36.4 Å². The van der Waals surface area contributed by atoms with Gasteiger partial charge in [0, 0.05) is 50.8 Å². The third-order valence-corrected chi connectivity index (χ3v) is 6.21. The predicted molar refractivity (Wildman–Crippen MR) is 126 cm³/mol. The molecule has 0 radical (unpaired) electrons. The van der Waals surface area contributed by atoms with Gasteiger partial charge in [0.25, 0.3) is 6.67 Å². The van der Waals surface area contributed by atoms with Crippen molar-refractivity contribution in [2.45, 2.75) is 19.6 Å². The van der Waals surface area contributed by atoms with E-state index in [1.807, 2.05) is 0 Å². The average molecular weight is 484 g/mol. The van der Waals surface area contributed by atoms with Crippen molar-refractivity contribution in [1.82, 2.24) is 15.1 Å². The lowest BCUT2D eigenvalue weighted by Crippen LogP contribution is -2.45. The van der Waals surface area contributed by atoms with E-state index in [-0.39, 0.29) is 24.6 Å². The minimum absolute atomic E-state index is 0.181. The van der Waals surface area contributed by atoms with Gasteiger partial charge in [-0.3, -0.25) is 19.4 Å². The Hall–Kier alpha value is -3.55. The minimum atomic E-state index is -0.613. The Morgan fingerprint density at radius 2 is 1.86 bits per heavy atom. The normalized spacial score (nSPS) is 18.9. The smallest absolute Gasteiger partial charge is 0.414 e. The van der Waals surface area contributed by atoms with Gasteiger partial charge in [0.2, 0.25) is 5.91 Å². The van der Waals surface area contributed by atoms with Crippen LogP contribution in [0.2, 0.25) is 0 Å². The molecule has 10 heteroatoms. The molecule has 2 aliphatic heterocycles. The van der Waals surface area contributed by atoms with Gasteiger partial charge in [-0.25, -0.2) is 25.0 Å².